The van der Waals surface area contributed by atoms with E-state index in [1.807, 2.05) is 0 Å². The largest absolute Gasteiger partial charge is 0.480 e. The Morgan fingerprint density at radius 3 is 2.32 bits per heavy atom. The lowest BCUT2D eigenvalue weighted by Crippen LogP contribution is -2.53. The molecule has 4 nitrogen and oxygen atoms in total. The average Bonchev–Trinajstić information content (AvgIpc) is 2.72. The van der Waals surface area contributed by atoms with Gasteiger partial charge in [0.25, 0.3) is 0 Å². The zero-order valence-electron chi connectivity index (χ0n) is 11.0. The molecule has 1 atom stereocenters. The first-order valence-corrected chi connectivity index (χ1v) is 6.69. The molecule has 0 spiro atoms. The summed E-state index contributed by atoms with van der Waals surface area (Å²) < 4.78 is 26.2. The lowest BCUT2D eigenvalue weighted by atomic mass is 9.85. The molecule has 0 aromatic rings. The Hall–Kier alpha value is -1.20. The fourth-order valence-corrected chi connectivity index (χ4v) is 3.05. The minimum absolute atomic E-state index is 0.151. The average molecular weight is 275 g/mol. The summed E-state index contributed by atoms with van der Waals surface area (Å²) in [6, 6.07) is 0. The molecule has 0 bridgehead atoms. The smallest absolute Gasteiger partial charge is 0.329 e. The number of carbonyl (C=O) groups excluding carboxylic acids is 1. The first-order chi connectivity index (χ1) is 8.76. The molecular weight excluding hydrogens is 256 g/mol. The number of carboxylic acids is 1. The van der Waals surface area contributed by atoms with Gasteiger partial charge in [-0.1, -0.05) is 0 Å². The fraction of sp³-hybridized carbons (Fsp3) is 0.846. The molecule has 0 aromatic carbocycles. The van der Waals surface area contributed by atoms with E-state index in [4.69, 9.17) is 0 Å². The minimum Gasteiger partial charge on any atom is -0.480 e. The van der Waals surface area contributed by atoms with Gasteiger partial charge in [-0.3, -0.25) is 4.79 Å². The zero-order chi connectivity index (χ0) is 14.3. The van der Waals surface area contributed by atoms with E-state index in [0.29, 0.717) is 19.4 Å². The number of aliphatic carboxylic acids is 1. The van der Waals surface area contributed by atoms with Crippen LogP contribution >= 0.6 is 0 Å². The number of amides is 1. The number of rotatable bonds is 2. The molecule has 6 heteroatoms. The van der Waals surface area contributed by atoms with Gasteiger partial charge in [-0.05, 0) is 32.6 Å². The zero-order valence-corrected chi connectivity index (χ0v) is 11.0. The molecule has 1 unspecified atom stereocenters. The Labute approximate surface area is 110 Å². The lowest BCUT2D eigenvalue weighted by Gasteiger charge is -2.36. The van der Waals surface area contributed by atoms with Crippen LogP contribution in [0.25, 0.3) is 0 Å². The molecule has 0 aromatic heterocycles. The highest BCUT2D eigenvalue weighted by Crippen LogP contribution is 2.39. The van der Waals surface area contributed by atoms with Crippen molar-refractivity contribution in [2.24, 2.45) is 5.92 Å². The summed E-state index contributed by atoms with van der Waals surface area (Å²) in [5.41, 5.74) is -1.17. The van der Waals surface area contributed by atoms with Crippen molar-refractivity contribution in [2.75, 3.05) is 6.54 Å². The van der Waals surface area contributed by atoms with E-state index in [1.54, 1.807) is 0 Å². The predicted octanol–water partition coefficient (Wildman–Crippen LogP) is 2.28. The molecule has 1 saturated carbocycles. The van der Waals surface area contributed by atoms with E-state index in [-0.39, 0.29) is 31.6 Å². The van der Waals surface area contributed by atoms with E-state index in [0.717, 1.165) is 0 Å². The van der Waals surface area contributed by atoms with Gasteiger partial charge in [0.1, 0.15) is 5.54 Å². The van der Waals surface area contributed by atoms with Crippen LogP contribution in [0.1, 0.15) is 45.4 Å². The predicted molar refractivity (Wildman–Crippen MR) is 63.9 cm³/mol. The lowest BCUT2D eigenvalue weighted by molar-refractivity contribution is -0.158. The van der Waals surface area contributed by atoms with Gasteiger partial charge < -0.3 is 10.0 Å². The Morgan fingerprint density at radius 1 is 1.21 bits per heavy atom. The van der Waals surface area contributed by atoms with Crippen molar-refractivity contribution < 1.29 is 23.5 Å². The van der Waals surface area contributed by atoms with Gasteiger partial charge in [0.05, 0.1) is 0 Å². The van der Waals surface area contributed by atoms with Crippen LogP contribution in [-0.4, -0.2) is 39.9 Å². The van der Waals surface area contributed by atoms with Gasteiger partial charge >= 0.3 is 5.97 Å². The molecule has 1 saturated heterocycles. The monoisotopic (exact) mass is 275 g/mol. The van der Waals surface area contributed by atoms with Gasteiger partial charge in [0.2, 0.25) is 11.8 Å². The molecule has 1 amide bonds. The second kappa shape index (κ2) is 4.72. The Bertz CT molecular complexity index is 389. The van der Waals surface area contributed by atoms with E-state index >= 15 is 0 Å². The third-order valence-corrected chi connectivity index (χ3v) is 4.43. The molecule has 2 aliphatic rings. The second-order valence-corrected chi connectivity index (χ2v) is 5.80. The Kier molecular flexibility index (Phi) is 3.53. The van der Waals surface area contributed by atoms with Crippen LogP contribution in [0.2, 0.25) is 0 Å². The number of nitrogens with zero attached hydrogens (tertiary/aromatic N) is 1. The van der Waals surface area contributed by atoms with Gasteiger partial charge in [-0.25, -0.2) is 13.6 Å². The van der Waals surface area contributed by atoms with Gasteiger partial charge in [0, 0.05) is 25.3 Å². The summed E-state index contributed by atoms with van der Waals surface area (Å²) in [5, 5.41) is 9.26. The number of carbonyl (C=O) groups is 2. The van der Waals surface area contributed by atoms with Crippen LogP contribution in [0.3, 0.4) is 0 Å². The SMILES string of the molecule is CC1(C(=O)O)CCCN1C(=O)C1CCC(F)(F)CC1. The normalized spacial score (nSPS) is 31.4. The number of hydrogen-bond acceptors (Lipinski definition) is 2. The number of carboxylic acid groups (broad SMARTS) is 1. The molecule has 1 N–H and O–H groups in total. The molecule has 0 radical (unpaired) electrons. The molecule has 1 heterocycles. The van der Waals surface area contributed by atoms with Crippen molar-refractivity contribution in [3.8, 4) is 0 Å². The third kappa shape index (κ3) is 2.58. The highest BCUT2D eigenvalue weighted by molar-refractivity contribution is 5.88. The van der Waals surface area contributed by atoms with Crippen LogP contribution in [0.5, 0.6) is 0 Å². The maximum absolute atomic E-state index is 13.1. The molecule has 1 aliphatic carbocycles. The highest BCUT2D eigenvalue weighted by atomic mass is 19.3. The number of hydrogen-bond donors (Lipinski definition) is 1. The Morgan fingerprint density at radius 2 is 1.79 bits per heavy atom. The van der Waals surface area contributed by atoms with E-state index in [2.05, 4.69) is 0 Å². The standard InChI is InChI=1S/C13H19F2NO3/c1-12(11(18)19)5-2-8-16(12)10(17)9-3-6-13(14,15)7-4-9/h9H,2-8H2,1H3,(H,18,19). The van der Waals surface area contributed by atoms with E-state index in [1.165, 1.54) is 11.8 Å². The van der Waals surface area contributed by atoms with Crippen molar-refractivity contribution >= 4 is 11.9 Å². The second-order valence-electron chi connectivity index (χ2n) is 5.80. The number of likely N-dealkylation sites (tertiary alicyclic amines) is 1. The van der Waals surface area contributed by atoms with Crippen LogP contribution in [-0.2, 0) is 9.59 Å². The quantitative estimate of drug-likeness (QED) is 0.841. The van der Waals surface area contributed by atoms with E-state index < -0.39 is 23.3 Å². The van der Waals surface area contributed by atoms with Crippen molar-refractivity contribution in [1.82, 2.24) is 4.90 Å². The Balaban J connectivity index is 2.06. The maximum Gasteiger partial charge on any atom is 0.329 e. The van der Waals surface area contributed by atoms with Crippen LogP contribution in [0, 0.1) is 5.92 Å². The van der Waals surface area contributed by atoms with Crippen molar-refractivity contribution in [3.05, 3.63) is 0 Å². The van der Waals surface area contributed by atoms with Crippen LogP contribution in [0.15, 0.2) is 0 Å². The van der Waals surface area contributed by atoms with Gasteiger partial charge in [-0.2, -0.15) is 0 Å². The van der Waals surface area contributed by atoms with Crippen LogP contribution < -0.4 is 0 Å². The van der Waals surface area contributed by atoms with Crippen LogP contribution in [0.4, 0.5) is 8.78 Å². The summed E-state index contributed by atoms with van der Waals surface area (Å²) in [7, 11) is 0. The van der Waals surface area contributed by atoms with Gasteiger partial charge in [0.15, 0.2) is 0 Å². The highest BCUT2D eigenvalue weighted by Gasteiger charge is 2.48. The third-order valence-electron chi connectivity index (χ3n) is 4.43. The molecule has 1 aliphatic heterocycles. The topological polar surface area (TPSA) is 57.6 Å². The number of halogens is 2. The summed E-state index contributed by atoms with van der Waals surface area (Å²) in [6.45, 7) is 1.95. The first-order valence-electron chi connectivity index (χ1n) is 6.69. The molecule has 2 fully saturated rings. The van der Waals surface area contributed by atoms with Crippen molar-refractivity contribution in [3.63, 3.8) is 0 Å². The van der Waals surface area contributed by atoms with E-state index in [9.17, 15) is 23.5 Å². The fourth-order valence-electron chi connectivity index (χ4n) is 3.05. The summed E-state index contributed by atoms with van der Waals surface area (Å²) in [4.78, 5) is 25.0. The molecule has 108 valence electrons. The molecule has 2 rings (SSSR count). The number of alkyl halides is 2. The first kappa shape index (κ1) is 14.2. The van der Waals surface area contributed by atoms with Gasteiger partial charge in [-0.15, -0.1) is 0 Å². The summed E-state index contributed by atoms with van der Waals surface area (Å²) in [5.74, 6) is -4.40. The maximum atomic E-state index is 13.1. The molecular formula is C13H19F2NO3. The minimum atomic E-state index is -2.67. The van der Waals surface area contributed by atoms with Crippen molar-refractivity contribution in [2.45, 2.75) is 56.9 Å². The van der Waals surface area contributed by atoms with Crippen molar-refractivity contribution in [1.29, 1.82) is 0 Å². The summed E-state index contributed by atoms with van der Waals surface area (Å²) in [6.07, 6.45) is 0.826. The molecule has 19 heavy (non-hydrogen) atoms. The summed E-state index contributed by atoms with van der Waals surface area (Å²) >= 11 is 0.